The summed E-state index contributed by atoms with van der Waals surface area (Å²) in [5, 5.41) is 7.59. The molecule has 0 bridgehead atoms. The fourth-order valence-electron chi connectivity index (χ4n) is 11.2. The van der Waals surface area contributed by atoms with E-state index in [2.05, 4.69) is 232 Å². The van der Waals surface area contributed by atoms with Gasteiger partial charge in [0.05, 0.1) is 39.1 Å². The highest BCUT2D eigenvalue weighted by molar-refractivity contribution is 6.20. The van der Waals surface area contributed by atoms with Crippen LogP contribution in [0, 0.1) is 0 Å². The zero-order valence-electron chi connectivity index (χ0n) is 36.3. The molecule has 1 atom stereocenters. The Labute approximate surface area is 377 Å². The SMILES string of the molecule is C=Cc1c(/C=C\C)n(C2C=CC=CC2)c2c1ccc1c3ccccc3n(-c3ccc(-c4ccc(-n5c6ccccc6c6cc7c(cc65)c5c(n7-c6ccccc6)C=CCC5)cc4)cc3)c12. The molecule has 0 fully saturated rings. The topological polar surface area (TPSA) is 19.7 Å². The average molecular weight is 835 g/mol. The fourth-order valence-corrected chi connectivity index (χ4v) is 11.2. The van der Waals surface area contributed by atoms with Crippen molar-refractivity contribution in [1.82, 2.24) is 18.3 Å². The van der Waals surface area contributed by atoms with Crippen LogP contribution in [0.1, 0.15) is 48.3 Å². The van der Waals surface area contributed by atoms with Crippen LogP contribution in [-0.4, -0.2) is 18.3 Å². The van der Waals surface area contributed by atoms with E-state index in [1.54, 1.807) is 0 Å². The van der Waals surface area contributed by atoms with E-state index in [4.69, 9.17) is 0 Å². The summed E-state index contributed by atoms with van der Waals surface area (Å²) >= 11 is 0. The summed E-state index contributed by atoms with van der Waals surface area (Å²) in [6.45, 7) is 6.42. The molecule has 0 amide bonds. The van der Waals surface area contributed by atoms with Crippen molar-refractivity contribution in [2.45, 2.75) is 32.2 Å². The van der Waals surface area contributed by atoms with Crippen LogP contribution in [0.25, 0.3) is 112 Å². The predicted octanol–water partition coefficient (Wildman–Crippen LogP) is 16.1. The summed E-state index contributed by atoms with van der Waals surface area (Å²) in [5.74, 6) is 0. The molecule has 2 aliphatic rings. The molecule has 310 valence electrons. The van der Waals surface area contributed by atoms with Gasteiger partial charge >= 0.3 is 0 Å². The molecular formula is C61H46N4. The number of nitrogens with zero attached hydrogens (tertiary/aromatic N) is 4. The predicted molar refractivity (Wildman–Crippen MR) is 277 cm³/mol. The van der Waals surface area contributed by atoms with Crippen LogP contribution in [0.3, 0.4) is 0 Å². The number of benzene rings is 7. The van der Waals surface area contributed by atoms with Gasteiger partial charge in [0.1, 0.15) is 0 Å². The van der Waals surface area contributed by atoms with Crippen molar-refractivity contribution in [3.63, 3.8) is 0 Å². The Hall–Kier alpha value is -8.08. The zero-order valence-corrected chi connectivity index (χ0v) is 36.3. The van der Waals surface area contributed by atoms with E-state index in [0.29, 0.717) is 0 Å². The Kier molecular flexibility index (Phi) is 8.51. The van der Waals surface area contributed by atoms with Gasteiger partial charge in [-0.05, 0) is 116 Å². The largest absolute Gasteiger partial charge is 0.331 e. The fraction of sp³-hybridized carbons (Fsp3) is 0.0820. The molecule has 0 radical (unpaired) electrons. The minimum Gasteiger partial charge on any atom is -0.331 e. The molecule has 0 spiro atoms. The number of hydrogen-bond donors (Lipinski definition) is 0. The quantitative estimate of drug-likeness (QED) is 0.152. The molecule has 4 heterocycles. The average Bonchev–Trinajstić information content (AvgIpc) is 4.08. The van der Waals surface area contributed by atoms with Crippen molar-refractivity contribution < 1.29 is 0 Å². The second-order valence-corrected chi connectivity index (χ2v) is 17.5. The minimum absolute atomic E-state index is 0.192. The smallest absolute Gasteiger partial charge is 0.0785 e. The lowest BCUT2D eigenvalue weighted by Crippen LogP contribution is -2.10. The van der Waals surface area contributed by atoms with Crippen LogP contribution >= 0.6 is 0 Å². The van der Waals surface area contributed by atoms with E-state index >= 15 is 0 Å². The Morgan fingerprint density at radius 1 is 0.538 bits per heavy atom. The van der Waals surface area contributed by atoms with Crippen molar-refractivity contribution in [3.8, 4) is 28.2 Å². The van der Waals surface area contributed by atoms with Gasteiger partial charge in [0.25, 0.3) is 0 Å². The maximum absolute atomic E-state index is 4.32. The molecule has 65 heavy (non-hydrogen) atoms. The van der Waals surface area contributed by atoms with Crippen molar-refractivity contribution in [2.24, 2.45) is 0 Å². The van der Waals surface area contributed by atoms with Gasteiger partial charge in [-0.3, -0.25) is 0 Å². The van der Waals surface area contributed by atoms with Gasteiger partial charge in [0, 0.05) is 66.3 Å². The van der Waals surface area contributed by atoms with Crippen LogP contribution < -0.4 is 0 Å². The number of rotatable bonds is 7. The minimum atomic E-state index is 0.192. The number of aryl methyl sites for hydroxylation is 1. The van der Waals surface area contributed by atoms with E-state index in [1.807, 2.05) is 6.08 Å². The standard InChI is InChI=1S/C61H46N4/c1-3-17-54-46(4-2)50-36-37-51-47-22-11-16-27-57(47)65(61(51)60(50)64(54)43-20-9-6-10-21-43)45-34-30-41(31-35-45)40-28-32-44(33-29-40)63-56-26-15-13-24-49(56)53-38-58-52(39-59(53)63)48-23-12-14-25-55(48)62(58)42-18-7-5-8-19-42/h3-11,13-20,22,24-39,43H,2,12,21,23H2,1H3/b17-3-. The summed E-state index contributed by atoms with van der Waals surface area (Å²) in [6.07, 6.45) is 23.1. The summed E-state index contributed by atoms with van der Waals surface area (Å²) < 4.78 is 9.94. The van der Waals surface area contributed by atoms with Crippen molar-refractivity contribution >= 4 is 83.6 Å². The molecule has 0 saturated carbocycles. The van der Waals surface area contributed by atoms with Crippen molar-refractivity contribution in [2.75, 3.05) is 0 Å². The lowest BCUT2D eigenvalue weighted by atomic mass is 10.00. The van der Waals surface area contributed by atoms with Crippen LogP contribution in [0.15, 0.2) is 195 Å². The molecule has 4 aromatic heterocycles. The van der Waals surface area contributed by atoms with Gasteiger partial charge in [0.2, 0.25) is 0 Å². The Morgan fingerprint density at radius 3 is 1.88 bits per heavy atom. The van der Waals surface area contributed by atoms with Crippen LogP contribution in [0.4, 0.5) is 0 Å². The second-order valence-electron chi connectivity index (χ2n) is 17.5. The van der Waals surface area contributed by atoms with Gasteiger partial charge in [-0.25, -0.2) is 0 Å². The van der Waals surface area contributed by atoms with Crippen LogP contribution in [-0.2, 0) is 6.42 Å². The van der Waals surface area contributed by atoms with Crippen molar-refractivity contribution in [1.29, 1.82) is 0 Å². The highest BCUT2D eigenvalue weighted by Crippen LogP contribution is 2.44. The van der Waals surface area contributed by atoms with E-state index in [-0.39, 0.29) is 6.04 Å². The number of hydrogen-bond acceptors (Lipinski definition) is 0. The molecule has 2 aliphatic carbocycles. The normalized spacial score (nSPS) is 14.9. The first-order chi connectivity index (χ1) is 32.2. The monoisotopic (exact) mass is 834 g/mol. The molecule has 0 aliphatic heterocycles. The summed E-state index contributed by atoms with van der Waals surface area (Å²) in [6, 6.07) is 56.5. The zero-order chi connectivity index (χ0) is 43.2. The first-order valence-electron chi connectivity index (χ1n) is 22.9. The number of allylic oxidation sites excluding steroid dienone is 6. The first kappa shape index (κ1) is 37.5. The lowest BCUT2D eigenvalue weighted by Gasteiger charge is -2.20. The highest BCUT2D eigenvalue weighted by atomic mass is 15.1. The maximum Gasteiger partial charge on any atom is 0.0785 e. The van der Waals surface area contributed by atoms with Gasteiger partial charge in [-0.15, -0.1) is 0 Å². The molecule has 13 rings (SSSR count). The van der Waals surface area contributed by atoms with Gasteiger partial charge in [-0.1, -0.05) is 140 Å². The third-order valence-corrected chi connectivity index (χ3v) is 14.0. The number of para-hydroxylation sites is 3. The van der Waals surface area contributed by atoms with Crippen molar-refractivity contribution in [3.05, 3.63) is 217 Å². The molecule has 0 saturated heterocycles. The third kappa shape index (κ3) is 5.57. The summed E-state index contributed by atoms with van der Waals surface area (Å²) in [7, 11) is 0. The summed E-state index contributed by atoms with van der Waals surface area (Å²) in [5.41, 5.74) is 18.3. The maximum atomic E-state index is 4.32. The number of fused-ring (bicyclic) bond motifs is 11. The lowest BCUT2D eigenvalue weighted by molar-refractivity contribution is 0.625. The van der Waals surface area contributed by atoms with Gasteiger partial charge in [-0.2, -0.15) is 0 Å². The molecule has 1 unspecified atom stereocenters. The Morgan fingerprint density at radius 2 is 1.17 bits per heavy atom. The molecule has 4 heteroatoms. The van der Waals surface area contributed by atoms with Crippen LogP contribution in [0.2, 0.25) is 0 Å². The van der Waals surface area contributed by atoms with Gasteiger partial charge in [0.15, 0.2) is 0 Å². The van der Waals surface area contributed by atoms with E-state index in [0.717, 1.165) is 30.6 Å². The highest BCUT2D eigenvalue weighted by Gasteiger charge is 2.26. The summed E-state index contributed by atoms with van der Waals surface area (Å²) in [4.78, 5) is 0. The molecule has 11 aromatic rings. The van der Waals surface area contributed by atoms with E-state index < -0.39 is 0 Å². The van der Waals surface area contributed by atoms with E-state index in [1.165, 1.54) is 105 Å². The molecule has 0 N–H and O–H groups in total. The molecular weight excluding hydrogens is 789 g/mol. The van der Waals surface area contributed by atoms with Crippen LogP contribution in [0.5, 0.6) is 0 Å². The van der Waals surface area contributed by atoms with E-state index in [9.17, 15) is 0 Å². The Bertz CT molecular complexity index is 3850. The Balaban J connectivity index is 0.936. The molecule has 7 aromatic carbocycles. The first-order valence-corrected chi connectivity index (χ1v) is 22.9. The molecule has 4 nitrogen and oxygen atoms in total. The van der Waals surface area contributed by atoms with Gasteiger partial charge < -0.3 is 18.3 Å². The second kappa shape index (κ2) is 14.8. The number of aromatic nitrogens is 4. The third-order valence-electron chi connectivity index (χ3n) is 14.0.